The normalized spacial score (nSPS) is 29.9. The lowest BCUT2D eigenvalue weighted by atomic mass is 9.94. The predicted molar refractivity (Wildman–Crippen MR) is 91.5 cm³/mol. The third kappa shape index (κ3) is 2.60. The zero-order valence-corrected chi connectivity index (χ0v) is 14.7. The van der Waals surface area contributed by atoms with Gasteiger partial charge in [0.1, 0.15) is 11.9 Å². The van der Waals surface area contributed by atoms with Gasteiger partial charge in [-0.1, -0.05) is 13.8 Å². The van der Waals surface area contributed by atoms with Crippen molar-refractivity contribution in [1.29, 1.82) is 0 Å². The van der Waals surface area contributed by atoms with Gasteiger partial charge in [0.2, 0.25) is 0 Å². The Labute approximate surface area is 143 Å². The van der Waals surface area contributed by atoms with Gasteiger partial charge in [-0.25, -0.2) is 9.79 Å². The molecule has 0 spiro atoms. The summed E-state index contributed by atoms with van der Waals surface area (Å²) in [6.45, 7) is 5.21. The Morgan fingerprint density at radius 1 is 1.08 bits per heavy atom. The number of nitrogens with zero attached hydrogens (tertiary/aromatic N) is 3. The average molecular weight is 331 g/mol. The standard InChI is InChI=1S/C18H28N4O2/c1-3-9-21-16-14(17(23)22(10-4-2)18(21)24)19-15(20-16)13(11-5-6-11)12-7-8-12/h11-14,16H,3-10H2,1-2H3,(H,19,20)/i10-1. The van der Waals surface area contributed by atoms with Crippen LogP contribution >= 0.6 is 0 Å². The van der Waals surface area contributed by atoms with Crippen LogP contribution in [0.15, 0.2) is 4.99 Å². The predicted octanol–water partition coefficient (Wildman–Crippen LogP) is 2.20. The number of imide groups is 1. The van der Waals surface area contributed by atoms with E-state index < -0.39 is 0 Å². The molecule has 3 amide bonds. The Morgan fingerprint density at radius 3 is 2.25 bits per heavy atom. The van der Waals surface area contributed by atoms with E-state index in [9.17, 15) is 9.59 Å². The number of nitrogens with one attached hydrogen (secondary N) is 1. The molecule has 6 nitrogen and oxygen atoms in total. The number of amidine groups is 1. The van der Waals surface area contributed by atoms with Crippen LogP contribution in [-0.4, -0.2) is 52.9 Å². The van der Waals surface area contributed by atoms with Gasteiger partial charge in [-0.3, -0.25) is 14.6 Å². The summed E-state index contributed by atoms with van der Waals surface area (Å²) >= 11 is 0. The summed E-state index contributed by atoms with van der Waals surface area (Å²) in [5.74, 6) is 2.88. The molecule has 0 aromatic rings. The average Bonchev–Trinajstić information content (AvgIpc) is 3.48. The molecule has 1 saturated heterocycles. The van der Waals surface area contributed by atoms with Crippen molar-refractivity contribution in [3.8, 4) is 0 Å². The number of hydrogen-bond acceptors (Lipinski definition) is 4. The maximum atomic E-state index is 12.8. The molecule has 2 unspecified atom stereocenters. The molecule has 1 N–H and O–H groups in total. The molecule has 0 bridgehead atoms. The molecule has 6 heteroatoms. The second-order valence-electron chi connectivity index (χ2n) is 7.72. The van der Waals surface area contributed by atoms with Gasteiger partial charge in [-0.15, -0.1) is 0 Å². The SMILES string of the molecule is CCCN1C(=O)N([11CH2]CC)C(=O)C2NC(C(C3CC3)C3CC3)=NC21. The lowest BCUT2D eigenvalue weighted by molar-refractivity contribution is -0.134. The van der Waals surface area contributed by atoms with Gasteiger partial charge in [0, 0.05) is 19.0 Å². The van der Waals surface area contributed by atoms with Crippen molar-refractivity contribution in [2.75, 3.05) is 13.1 Å². The molecule has 4 aliphatic rings. The first kappa shape index (κ1) is 15.9. The van der Waals surface area contributed by atoms with Gasteiger partial charge in [0.15, 0.2) is 6.17 Å². The molecule has 2 heterocycles. The molecule has 0 aromatic heterocycles. The Hall–Kier alpha value is -1.59. The fourth-order valence-electron chi connectivity index (χ4n) is 4.28. The van der Waals surface area contributed by atoms with Crippen LogP contribution in [0.25, 0.3) is 0 Å². The largest absolute Gasteiger partial charge is 0.359 e. The first-order valence-electron chi connectivity index (χ1n) is 9.61. The van der Waals surface area contributed by atoms with E-state index in [0.717, 1.165) is 30.5 Å². The summed E-state index contributed by atoms with van der Waals surface area (Å²) in [5, 5.41) is 3.45. The zero-order chi connectivity index (χ0) is 16.8. The maximum absolute atomic E-state index is 12.8. The third-order valence-electron chi connectivity index (χ3n) is 5.69. The minimum atomic E-state index is -0.379. The zero-order valence-electron chi connectivity index (χ0n) is 14.7. The highest BCUT2D eigenvalue weighted by Crippen LogP contribution is 2.50. The maximum Gasteiger partial charge on any atom is 0.328 e. The number of fused-ring (bicyclic) bond motifs is 1. The van der Waals surface area contributed by atoms with E-state index in [4.69, 9.17) is 4.99 Å². The van der Waals surface area contributed by atoms with Crippen molar-refractivity contribution in [3.05, 3.63) is 0 Å². The number of amides is 3. The molecule has 132 valence electrons. The van der Waals surface area contributed by atoms with E-state index in [-0.39, 0.29) is 24.1 Å². The fourth-order valence-corrected chi connectivity index (χ4v) is 4.28. The number of carbonyl (C=O) groups excluding carboxylic acids is 2. The third-order valence-corrected chi connectivity index (χ3v) is 5.69. The monoisotopic (exact) mass is 331 g/mol. The van der Waals surface area contributed by atoms with Gasteiger partial charge in [0.25, 0.3) is 5.91 Å². The second-order valence-corrected chi connectivity index (χ2v) is 7.72. The van der Waals surface area contributed by atoms with Gasteiger partial charge >= 0.3 is 6.03 Å². The number of urea groups is 1. The molecule has 0 aromatic carbocycles. The van der Waals surface area contributed by atoms with Gasteiger partial charge < -0.3 is 5.32 Å². The Balaban J connectivity index is 1.60. The van der Waals surface area contributed by atoms with Crippen LogP contribution in [0.2, 0.25) is 0 Å². The minimum Gasteiger partial charge on any atom is -0.359 e. The van der Waals surface area contributed by atoms with Crippen LogP contribution in [0.5, 0.6) is 0 Å². The van der Waals surface area contributed by atoms with E-state index in [1.807, 2.05) is 6.92 Å². The Morgan fingerprint density at radius 2 is 1.71 bits per heavy atom. The Kier molecular flexibility index (Phi) is 4.01. The van der Waals surface area contributed by atoms with E-state index in [0.29, 0.717) is 19.0 Å². The van der Waals surface area contributed by atoms with Gasteiger partial charge in [-0.05, 0) is 50.4 Å². The molecule has 4 rings (SSSR count). The summed E-state index contributed by atoms with van der Waals surface area (Å²) in [4.78, 5) is 33.7. The molecular formula is C18H28N4O2. The number of aliphatic imine (C=N–C) groups is 1. The first-order valence-corrected chi connectivity index (χ1v) is 9.61. The summed E-state index contributed by atoms with van der Waals surface area (Å²) < 4.78 is 0. The van der Waals surface area contributed by atoms with Crippen LogP contribution in [-0.2, 0) is 4.79 Å². The van der Waals surface area contributed by atoms with Gasteiger partial charge in [-0.2, -0.15) is 0 Å². The molecule has 2 aliphatic carbocycles. The smallest absolute Gasteiger partial charge is 0.328 e. The quantitative estimate of drug-likeness (QED) is 0.778. The molecular weight excluding hydrogens is 303 g/mol. The minimum absolute atomic E-state index is 0.0942. The highest BCUT2D eigenvalue weighted by Gasteiger charge is 2.53. The highest BCUT2D eigenvalue weighted by molar-refractivity contribution is 6.04. The molecule has 2 aliphatic heterocycles. The summed E-state index contributed by atoms with van der Waals surface area (Å²) in [5.41, 5.74) is 0. The highest BCUT2D eigenvalue weighted by atomic mass is 16.2. The molecule has 2 atom stereocenters. The summed E-state index contributed by atoms with van der Waals surface area (Å²) in [7, 11) is 0. The van der Waals surface area contributed by atoms with Crippen molar-refractivity contribution in [1.82, 2.24) is 15.1 Å². The van der Waals surface area contributed by atoms with E-state index in [1.54, 1.807) is 4.90 Å². The number of hydrogen-bond donors (Lipinski definition) is 1. The van der Waals surface area contributed by atoms with Crippen LogP contribution in [0.1, 0.15) is 52.4 Å². The van der Waals surface area contributed by atoms with Crippen molar-refractivity contribution in [3.63, 3.8) is 0 Å². The van der Waals surface area contributed by atoms with E-state index >= 15 is 0 Å². The van der Waals surface area contributed by atoms with Crippen molar-refractivity contribution >= 4 is 17.8 Å². The van der Waals surface area contributed by atoms with Crippen LogP contribution < -0.4 is 5.32 Å². The second kappa shape index (κ2) is 6.05. The molecule has 24 heavy (non-hydrogen) atoms. The van der Waals surface area contributed by atoms with Crippen molar-refractivity contribution < 1.29 is 9.59 Å². The lowest BCUT2D eigenvalue weighted by Gasteiger charge is -2.40. The van der Waals surface area contributed by atoms with Crippen molar-refractivity contribution in [2.24, 2.45) is 22.7 Å². The number of rotatable bonds is 7. The number of carbonyl (C=O) groups is 2. The van der Waals surface area contributed by atoms with Crippen molar-refractivity contribution in [2.45, 2.75) is 64.6 Å². The molecule has 0 radical (unpaired) electrons. The topological polar surface area (TPSA) is 65.0 Å². The first-order chi connectivity index (χ1) is 11.7. The Bertz CT molecular complexity index is 555. The summed E-state index contributed by atoms with van der Waals surface area (Å²) in [6, 6.07) is -0.540. The molecule has 2 saturated carbocycles. The van der Waals surface area contributed by atoms with E-state index in [1.165, 1.54) is 30.6 Å². The van der Waals surface area contributed by atoms with Crippen LogP contribution in [0.3, 0.4) is 0 Å². The fraction of sp³-hybridized carbons (Fsp3) is 0.833. The summed E-state index contributed by atoms with van der Waals surface area (Å²) in [6.07, 6.45) is 6.45. The lowest BCUT2D eigenvalue weighted by Crippen LogP contribution is -2.65. The molecule has 3 fully saturated rings. The van der Waals surface area contributed by atoms with Crippen LogP contribution in [0, 0.1) is 17.8 Å². The van der Waals surface area contributed by atoms with Crippen LogP contribution in [0.4, 0.5) is 4.79 Å². The van der Waals surface area contributed by atoms with Gasteiger partial charge in [0.05, 0.1) is 0 Å². The van der Waals surface area contributed by atoms with E-state index in [2.05, 4.69) is 12.2 Å².